The first-order valence-electron chi connectivity index (χ1n) is 5.76. The van der Waals surface area contributed by atoms with E-state index in [1.165, 1.54) is 18.2 Å². The minimum atomic E-state index is -4.39. The third-order valence-corrected chi connectivity index (χ3v) is 3.71. The van der Waals surface area contributed by atoms with E-state index in [2.05, 4.69) is 15.5 Å². The summed E-state index contributed by atoms with van der Waals surface area (Å²) in [6.45, 7) is 0. The smallest absolute Gasteiger partial charge is 0.398 e. The van der Waals surface area contributed by atoms with Gasteiger partial charge in [0, 0.05) is 5.56 Å². The summed E-state index contributed by atoms with van der Waals surface area (Å²) in [4.78, 5) is 0. The van der Waals surface area contributed by atoms with Gasteiger partial charge in [-0.25, -0.2) is 4.68 Å². The fraction of sp³-hybridized carbons (Fsp3) is 0.364. The molecule has 0 unspecified atom stereocenters. The summed E-state index contributed by atoms with van der Waals surface area (Å²) in [5, 5.41) is 10.8. The summed E-state index contributed by atoms with van der Waals surface area (Å²) in [5.74, 6) is 0.0294. The standard InChI is InChI=1S/C11H9ClF3N5/c12-7-5-6(1-2-8(7)16)9-17-18-19-20(9)10(3-4-10)11(13,14)15/h1-2,5H,3-4,16H2. The summed E-state index contributed by atoms with van der Waals surface area (Å²) in [7, 11) is 0. The van der Waals surface area contributed by atoms with Gasteiger partial charge in [-0.05, 0) is 41.5 Å². The number of hydrogen-bond acceptors (Lipinski definition) is 4. The van der Waals surface area contributed by atoms with Crippen LogP contribution in [0.3, 0.4) is 0 Å². The molecule has 1 aromatic carbocycles. The topological polar surface area (TPSA) is 69.6 Å². The number of nitrogens with two attached hydrogens (primary N) is 1. The number of alkyl halides is 3. The third-order valence-electron chi connectivity index (χ3n) is 3.38. The van der Waals surface area contributed by atoms with Crippen molar-refractivity contribution in [1.82, 2.24) is 20.2 Å². The zero-order valence-electron chi connectivity index (χ0n) is 10.0. The lowest BCUT2D eigenvalue weighted by Crippen LogP contribution is -2.36. The largest absolute Gasteiger partial charge is 0.413 e. The van der Waals surface area contributed by atoms with E-state index in [1.807, 2.05) is 0 Å². The quantitative estimate of drug-likeness (QED) is 0.866. The maximum absolute atomic E-state index is 13.1. The lowest BCUT2D eigenvalue weighted by Gasteiger charge is -2.20. The fourth-order valence-corrected chi connectivity index (χ4v) is 2.24. The van der Waals surface area contributed by atoms with Crippen molar-refractivity contribution >= 4 is 17.3 Å². The summed E-state index contributed by atoms with van der Waals surface area (Å²) in [6.07, 6.45) is -4.46. The molecular formula is C11H9ClF3N5. The molecule has 3 rings (SSSR count). The van der Waals surface area contributed by atoms with Crippen LogP contribution in [0.1, 0.15) is 12.8 Å². The number of tetrazole rings is 1. The van der Waals surface area contributed by atoms with Crippen LogP contribution >= 0.6 is 11.6 Å². The van der Waals surface area contributed by atoms with Gasteiger partial charge in [-0.3, -0.25) is 0 Å². The Labute approximate surface area is 116 Å². The number of aromatic nitrogens is 4. The normalized spacial score (nSPS) is 17.2. The molecule has 0 bridgehead atoms. The van der Waals surface area contributed by atoms with Gasteiger partial charge in [-0.15, -0.1) is 5.10 Å². The Morgan fingerprint density at radius 3 is 2.55 bits per heavy atom. The van der Waals surface area contributed by atoms with E-state index in [0.717, 1.165) is 4.68 Å². The molecule has 9 heteroatoms. The maximum Gasteiger partial charge on any atom is 0.413 e. The lowest BCUT2D eigenvalue weighted by molar-refractivity contribution is -0.182. The first-order chi connectivity index (χ1) is 9.35. The van der Waals surface area contributed by atoms with Gasteiger partial charge in [0.2, 0.25) is 0 Å². The molecule has 0 atom stereocenters. The van der Waals surface area contributed by atoms with Gasteiger partial charge >= 0.3 is 6.18 Å². The van der Waals surface area contributed by atoms with Gasteiger partial charge in [-0.1, -0.05) is 11.6 Å². The zero-order valence-corrected chi connectivity index (χ0v) is 10.8. The fourth-order valence-electron chi connectivity index (χ4n) is 2.06. The van der Waals surface area contributed by atoms with Crippen LogP contribution in [0, 0.1) is 0 Å². The van der Waals surface area contributed by atoms with Crippen LogP contribution in [0.5, 0.6) is 0 Å². The number of anilines is 1. The highest BCUT2D eigenvalue weighted by Crippen LogP contribution is 2.55. The molecule has 1 saturated carbocycles. The Hall–Kier alpha value is -1.83. The van der Waals surface area contributed by atoms with Crippen molar-refractivity contribution < 1.29 is 13.2 Å². The maximum atomic E-state index is 13.1. The van der Waals surface area contributed by atoms with Crippen molar-refractivity contribution in [3.05, 3.63) is 23.2 Å². The summed E-state index contributed by atoms with van der Waals surface area (Å²) in [6, 6.07) is 4.49. The second-order valence-electron chi connectivity index (χ2n) is 4.68. The van der Waals surface area contributed by atoms with Crippen molar-refractivity contribution in [1.29, 1.82) is 0 Å². The molecular weight excluding hydrogens is 295 g/mol. The number of halogens is 4. The van der Waals surface area contributed by atoms with Gasteiger partial charge in [0.05, 0.1) is 10.7 Å². The van der Waals surface area contributed by atoms with Crippen molar-refractivity contribution in [2.24, 2.45) is 0 Å². The number of hydrogen-bond donors (Lipinski definition) is 1. The average molecular weight is 304 g/mol. The monoisotopic (exact) mass is 303 g/mol. The summed E-state index contributed by atoms with van der Waals surface area (Å²) < 4.78 is 40.2. The molecule has 1 aliphatic carbocycles. The Morgan fingerprint density at radius 1 is 1.30 bits per heavy atom. The second-order valence-corrected chi connectivity index (χ2v) is 5.09. The molecule has 2 N–H and O–H groups in total. The van der Waals surface area contributed by atoms with Crippen LogP contribution in [-0.2, 0) is 5.54 Å². The molecule has 1 aromatic heterocycles. The number of benzene rings is 1. The third kappa shape index (κ3) is 1.82. The van der Waals surface area contributed by atoms with Gasteiger partial charge in [0.1, 0.15) is 0 Å². The van der Waals surface area contributed by atoms with E-state index in [9.17, 15) is 13.2 Å². The Bertz CT molecular complexity index is 662. The molecule has 1 fully saturated rings. The molecule has 5 nitrogen and oxygen atoms in total. The van der Waals surface area contributed by atoms with E-state index in [0.29, 0.717) is 11.3 Å². The van der Waals surface area contributed by atoms with Crippen LogP contribution in [0.4, 0.5) is 18.9 Å². The molecule has 0 spiro atoms. The van der Waals surface area contributed by atoms with Crippen LogP contribution < -0.4 is 5.73 Å². The predicted molar refractivity (Wildman–Crippen MR) is 65.9 cm³/mol. The first-order valence-corrected chi connectivity index (χ1v) is 6.14. The van der Waals surface area contributed by atoms with E-state index in [-0.39, 0.29) is 23.7 Å². The van der Waals surface area contributed by atoms with Gasteiger partial charge in [-0.2, -0.15) is 13.2 Å². The van der Waals surface area contributed by atoms with Gasteiger partial charge < -0.3 is 5.73 Å². The molecule has 2 aromatic rings. The molecule has 1 aliphatic rings. The average Bonchev–Trinajstić information content (AvgIpc) is 3.05. The van der Waals surface area contributed by atoms with Crippen LogP contribution in [0.25, 0.3) is 11.4 Å². The van der Waals surface area contributed by atoms with E-state index in [1.54, 1.807) is 0 Å². The van der Waals surface area contributed by atoms with Crippen LogP contribution in [-0.4, -0.2) is 26.4 Å². The lowest BCUT2D eigenvalue weighted by atomic mass is 10.1. The van der Waals surface area contributed by atoms with E-state index < -0.39 is 11.7 Å². The van der Waals surface area contributed by atoms with E-state index in [4.69, 9.17) is 17.3 Å². The van der Waals surface area contributed by atoms with Gasteiger partial charge in [0.25, 0.3) is 0 Å². The van der Waals surface area contributed by atoms with Crippen molar-refractivity contribution in [3.8, 4) is 11.4 Å². The van der Waals surface area contributed by atoms with Crippen LogP contribution in [0.15, 0.2) is 18.2 Å². The summed E-state index contributed by atoms with van der Waals surface area (Å²) in [5.41, 5.74) is 4.31. The zero-order chi connectivity index (χ0) is 14.5. The van der Waals surface area contributed by atoms with Crippen molar-refractivity contribution in [3.63, 3.8) is 0 Å². The van der Waals surface area contributed by atoms with E-state index >= 15 is 0 Å². The molecule has 0 saturated heterocycles. The van der Waals surface area contributed by atoms with Crippen LogP contribution in [0.2, 0.25) is 5.02 Å². The summed E-state index contributed by atoms with van der Waals surface area (Å²) >= 11 is 5.88. The molecule has 0 aliphatic heterocycles. The van der Waals surface area contributed by atoms with Crippen molar-refractivity contribution in [2.75, 3.05) is 5.73 Å². The minimum absolute atomic E-state index is 0.0294. The van der Waals surface area contributed by atoms with Gasteiger partial charge in [0.15, 0.2) is 11.4 Å². The highest BCUT2D eigenvalue weighted by molar-refractivity contribution is 6.33. The predicted octanol–water partition coefficient (Wildman–Crippen LogP) is 2.63. The molecule has 0 radical (unpaired) electrons. The highest BCUT2D eigenvalue weighted by atomic mass is 35.5. The minimum Gasteiger partial charge on any atom is -0.398 e. The first kappa shape index (κ1) is 13.2. The Morgan fingerprint density at radius 2 is 2.00 bits per heavy atom. The highest BCUT2D eigenvalue weighted by Gasteiger charge is 2.66. The Kier molecular flexibility index (Phi) is 2.69. The number of nitrogens with zero attached hydrogens (tertiary/aromatic N) is 4. The molecule has 0 amide bonds. The number of nitrogen functional groups attached to an aromatic ring is 1. The van der Waals surface area contributed by atoms with Crippen molar-refractivity contribution in [2.45, 2.75) is 24.6 Å². The Balaban J connectivity index is 2.09. The SMILES string of the molecule is Nc1ccc(-c2nnnn2C2(C(F)(F)F)CC2)cc1Cl. The molecule has 1 heterocycles. The second kappa shape index (κ2) is 4.08. The molecule has 20 heavy (non-hydrogen) atoms. The molecule has 106 valence electrons. The number of rotatable bonds is 2.